The fourth-order valence-corrected chi connectivity index (χ4v) is 2.81. The molecule has 0 fully saturated rings. The highest BCUT2D eigenvalue weighted by molar-refractivity contribution is 6.29. The zero-order chi connectivity index (χ0) is 25.5. The van der Waals surface area contributed by atoms with E-state index in [1.54, 1.807) is 6.07 Å². The van der Waals surface area contributed by atoms with Crippen molar-refractivity contribution in [2.45, 2.75) is 41.2 Å². The van der Waals surface area contributed by atoms with Crippen molar-refractivity contribution in [3.05, 3.63) is 107 Å². The summed E-state index contributed by atoms with van der Waals surface area (Å²) in [6.07, 6.45) is 6.15. The molecule has 2 N–H and O–H groups in total. The predicted octanol–water partition coefficient (Wildman–Crippen LogP) is 7.87. The Morgan fingerprint density at radius 3 is 2.26 bits per heavy atom. The fourth-order valence-electron chi connectivity index (χ4n) is 2.81. The maximum absolute atomic E-state index is 14.5. The smallest absolute Gasteiger partial charge is 0.131 e. The second-order valence-electron chi connectivity index (χ2n) is 7.29. The molecule has 3 rings (SSSR count). The van der Waals surface area contributed by atoms with Crippen molar-refractivity contribution in [3.8, 4) is 11.1 Å². The van der Waals surface area contributed by atoms with E-state index in [0.717, 1.165) is 16.5 Å². The molecule has 0 saturated carbocycles. The third-order valence-electron chi connectivity index (χ3n) is 4.65. The molecule has 2 aromatic carbocycles. The number of hydrogen-bond acceptors (Lipinski definition) is 2. The van der Waals surface area contributed by atoms with Crippen LogP contribution < -0.4 is 11.1 Å². The summed E-state index contributed by atoms with van der Waals surface area (Å²) in [6, 6.07) is 16.8. The van der Waals surface area contributed by atoms with Crippen LogP contribution in [0.5, 0.6) is 0 Å². The van der Waals surface area contributed by atoms with Gasteiger partial charge in [-0.15, -0.1) is 0 Å². The molecule has 3 aromatic rings. The van der Waals surface area contributed by atoms with Gasteiger partial charge in [0.2, 0.25) is 0 Å². The number of anilines is 1. The molecule has 1 heterocycles. The Morgan fingerprint density at radius 1 is 1.09 bits per heavy atom. The lowest BCUT2D eigenvalue weighted by Crippen LogP contribution is -2.14. The first kappa shape index (κ1) is 28.9. The van der Waals surface area contributed by atoms with Gasteiger partial charge in [-0.2, -0.15) is 0 Å². The molecule has 0 aliphatic carbocycles. The van der Waals surface area contributed by atoms with Gasteiger partial charge in [0.15, 0.2) is 0 Å². The van der Waals surface area contributed by atoms with Crippen LogP contribution >= 0.6 is 11.6 Å². The lowest BCUT2D eigenvalue weighted by atomic mass is 10.0. The number of nitrogen functional groups attached to an aromatic ring is 1. The number of hydrogen-bond donors (Lipinski definition) is 1. The lowest BCUT2D eigenvalue weighted by molar-refractivity contribution is 0.627. The van der Waals surface area contributed by atoms with Crippen molar-refractivity contribution in [1.82, 2.24) is 4.57 Å². The summed E-state index contributed by atoms with van der Waals surface area (Å²) >= 11 is 4.95. The van der Waals surface area contributed by atoms with Crippen LogP contribution in [0.2, 0.25) is 0 Å². The van der Waals surface area contributed by atoms with E-state index < -0.39 is 0 Å². The normalized spacial score (nSPS) is 11.8. The maximum Gasteiger partial charge on any atom is 0.131 e. The molecular formula is C28H34ClF2N3. The third kappa shape index (κ3) is 9.75. The van der Waals surface area contributed by atoms with Crippen molar-refractivity contribution < 1.29 is 8.78 Å². The van der Waals surface area contributed by atoms with E-state index in [1.165, 1.54) is 12.5 Å². The molecule has 0 amide bonds. The molecule has 1 aromatic heterocycles. The monoisotopic (exact) mass is 485 g/mol. The Hall–Kier alpha value is -3.18. The molecule has 0 saturated heterocycles. The summed E-state index contributed by atoms with van der Waals surface area (Å²) in [7, 11) is 0. The minimum atomic E-state index is -0.222. The SMILES string of the molecule is C/C(Cl)=C/F.C/C=C(\C)CN=c1ccn(Cc2ccc(-c3ccccc3)c(F)c2)cc1N.CC. The summed E-state index contributed by atoms with van der Waals surface area (Å²) in [6.45, 7) is 10.7. The molecule has 0 aliphatic rings. The van der Waals surface area contributed by atoms with E-state index in [9.17, 15) is 8.78 Å². The highest BCUT2D eigenvalue weighted by Gasteiger charge is 2.06. The quantitative estimate of drug-likeness (QED) is 0.367. The summed E-state index contributed by atoms with van der Waals surface area (Å²) in [4.78, 5) is 4.52. The number of nitrogens with two attached hydrogens (primary N) is 1. The van der Waals surface area contributed by atoms with Crippen LogP contribution in [0.3, 0.4) is 0 Å². The number of halogens is 3. The minimum Gasteiger partial charge on any atom is -0.396 e. The Balaban J connectivity index is 0.000000733. The summed E-state index contributed by atoms with van der Waals surface area (Å²) < 4.78 is 27.3. The van der Waals surface area contributed by atoms with Gasteiger partial charge in [-0.05, 0) is 44.0 Å². The van der Waals surface area contributed by atoms with Crippen LogP contribution in [0.4, 0.5) is 14.5 Å². The predicted molar refractivity (Wildman–Crippen MR) is 142 cm³/mol. The molecule has 6 heteroatoms. The van der Waals surface area contributed by atoms with E-state index in [2.05, 4.69) is 4.99 Å². The van der Waals surface area contributed by atoms with Gasteiger partial charge in [0.1, 0.15) is 12.1 Å². The molecule has 3 nitrogen and oxygen atoms in total. The minimum absolute atomic E-state index is 0.185. The van der Waals surface area contributed by atoms with Crippen LogP contribution in [0, 0.1) is 5.82 Å². The zero-order valence-corrected chi connectivity index (χ0v) is 21.3. The van der Waals surface area contributed by atoms with Crippen LogP contribution in [-0.2, 0) is 6.54 Å². The van der Waals surface area contributed by atoms with Gasteiger partial charge in [-0.25, -0.2) is 8.78 Å². The van der Waals surface area contributed by atoms with Crippen LogP contribution in [0.15, 0.2) is 95.0 Å². The molecular weight excluding hydrogens is 452 g/mol. The maximum atomic E-state index is 14.5. The fraction of sp³-hybridized carbons (Fsp3) is 0.250. The topological polar surface area (TPSA) is 43.3 Å². The van der Waals surface area contributed by atoms with Crippen LogP contribution in [0.25, 0.3) is 11.1 Å². The van der Waals surface area contributed by atoms with Crippen LogP contribution in [0.1, 0.15) is 40.2 Å². The summed E-state index contributed by atoms with van der Waals surface area (Å²) in [5.74, 6) is -0.222. The van der Waals surface area contributed by atoms with E-state index in [4.69, 9.17) is 17.3 Å². The van der Waals surface area contributed by atoms with E-state index >= 15 is 0 Å². The molecule has 0 bridgehead atoms. The van der Waals surface area contributed by atoms with Crippen molar-refractivity contribution >= 4 is 17.3 Å². The van der Waals surface area contributed by atoms with Gasteiger partial charge in [0, 0.05) is 29.5 Å². The van der Waals surface area contributed by atoms with Gasteiger partial charge in [-0.3, -0.25) is 4.99 Å². The van der Waals surface area contributed by atoms with Crippen molar-refractivity contribution in [2.75, 3.05) is 12.3 Å². The first-order valence-corrected chi connectivity index (χ1v) is 11.6. The van der Waals surface area contributed by atoms with E-state index in [0.29, 0.717) is 30.7 Å². The van der Waals surface area contributed by atoms with E-state index in [1.807, 2.05) is 99.3 Å². The van der Waals surface area contributed by atoms with Crippen molar-refractivity contribution in [1.29, 1.82) is 0 Å². The third-order valence-corrected chi connectivity index (χ3v) is 4.73. The van der Waals surface area contributed by atoms with Gasteiger partial charge >= 0.3 is 0 Å². The van der Waals surface area contributed by atoms with Crippen molar-refractivity contribution in [3.63, 3.8) is 0 Å². The Bertz CT molecular complexity index is 1150. The molecule has 0 spiro atoms. The average molecular weight is 486 g/mol. The first-order valence-electron chi connectivity index (χ1n) is 11.2. The molecule has 34 heavy (non-hydrogen) atoms. The van der Waals surface area contributed by atoms with Gasteiger partial charge in [0.05, 0.1) is 17.6 Å². The van der Waals surface area contributed by atoms with Gasteiger partial charge in [-0.1, -0.05) is 79.6 Å². The van der Waals surface area contributed by atoms with Gasteiger partial charge in [0.25, 0.3) is 0 Å². The molecule has 0 unspecified atom stereocenters. The number of pyridine rings is 1. The van der Waals surface area contributed by atoms with Gasteiger partial charge < -0.3 is 10.3 Å². The molecule has 0 atom stereocenters. The number of nitrogens with zero attached hydrogens (tertiary/aromatic N) is 2. The second kappa shape index (κ2) is 15.6. The molecule has 182 valence electrons. The Labute approximate surface area is 206 Å². The number of aromatic nitrogens is 1. The zero-order valence-electron chi connectivity index (χ0n) is 20.5. The second-order valence-corrected chi connectivity index (χ2v) is 7.88. The van der Waals surface area contributed by atoms with Crippen LogP contribution in [-0.4, -0.2) is 11.1 Å². The summed E-state index contributed by atoms with van der Waals surface area (Å²) in [5.41, 5.74) is 10.3. The highest BCUT2D eigenvalue weighted by Crippen LogP contribution is 2.23. The Morgan fingerprint density at radius 2 is 1.74 bits per heavy atom. The summed E-state index contributed by atoms with van der Waals surface area (Å²) in [5, 5.41) is 0.961. The standard InChI is InChI=1S/C23H24FN3.C3H4ClF.C2H6/c1-3-17(2)14-26-23-11-12-27(16-22(23)25)15-18-9-10-20(21(24)13-18)19-7-5-4-6-8-19;1-3(4)2-5;1-2/h3-13,16H,14-15,25H2,1-2H3;2H,1H3;1-2H3/b17-3+,26-23?;3-2-;. The van der Waals surface area contributed by atoms with E-state index in [-0.39, 0.29) is 10.8 Å². The largest absolute Gasteiger partial charge is 0.396 e. The average Bonchev–Trinajstić information content (AvgIpc) is 2.85. The molecule has 0 aliphatic heterocycles. The van der Waals surface area contributed by atoms with Crippen molar-refractivity contribution in [2.24, 2.45) is 4.99 Å². The lowest BCUT2D eigenvalue weighted by Gasteiger charge is -2.10. The Kier molecular flexibility index (Phi) is 13.3. The first-order chi connectivity index (χ1) is 16.3. The number of allylic oxidation sites excluding steroid dienone is 2. The highest BCUT2D eigenvalue weighted by atomic mass is 35.5. The number of benzene rings is 2. The number of rotatable bonds is 5. The molecule has 0 radical (unpaired) electrons.